The van der Waals surface area contributed by atoms with Crippen LogP contribution in [0, 0.1) is 0 Å². The Hall–Kier alpha value is -1.89. The molecule has 3 aromatic rings. The van der Waals surface area contributed by atoms with Crippen LogP contribution in [0.15, 0.2) is 29.1 Å². The van der Waals surface area contributed by atoms with Crippen LogP contribution in [-0.2, 0) is 13.0 Å². The molecular formula is C17H17ClN4OS. The zero-order chi connectivity index (χ0) is 16.8. The first-order valence-corrected chi connectivity index (χ1v) is 9.09. The number of hydrogen-bond donors (Lipinski definition) is 1. The minimum atomic E-state index is -0.197. The van der Waals surface area contributed by atoms with Gasteiger partial charge in [-0.3, -0.25) is 9.69 Å². The second kappa shape index (κ2) is 5.88. The van der Waals surface area contributed by atoms with E-state index in [0.29, 0.717) is 21.8 Å². The zero-order valence-corrected chi connectivity index (χ0v) is 14.8. The number of nitrogens with two attached hydrogens (primary N) is 1. The first kappa shape index (κ1) is 15.6. The second-order valence-electron chi connectivity index (χ2n) is 5.89. The Morgan fingerprint density at radius 1 is 1.38 bits per heavy atom. The van der Waals surface area contributed by atoms with Gasteiger partial charge in [0.05, 0.1) is 10.4 Å². The molecule has 0 radical (unpaired) electrons. The molecule has 0 fully saturated rings. The Morgan fingerprint density at radius 3 is 2.92 bits per heavy atom. The van der Waals surface area contributed by atoms with E-state index in [-0.39, 0.29) is 5.56 Å². The minimum absolute atomic E-state index is 0.197. The number of likely N-dealkylation sites (N-methyl/N-ethyl adjacent to an activating group) is 1. The van der Waals surface area contributed by atoms with Crippen molar-refractivity contribution in [2.45, 2.75) is 19.9 Å². The van der Waals surface area contributed by atoms with Crippen molar-refractivity contribution in [3.8, 4) is 11.4 Å². The molecule has 0 atom stereocenters. The first-order chi connectivity index (χ1) is 11.6. The maximum atomic E-state index is 12.9. The molecule has 24 heavy (non-hydrogen) atoms. The minimum Gasteiger partial charge on any atom is -0.334 e. The molecule has 0 aliphatic carbocycles. The van der Waals surface area contributed by atoms with Crippen LogP contribution in [0.5, 0.6) is 0 Å². The second-order valence-corrected chi connectivity index (χ2v) is 7.38. The monoisotopic (exact) mass is 360 g/mol. The van der Waals surface area contributed by atoms with E-state index in [0.717, 1.165) is 41.1 Å². The summed E-state index contributed by atoms with van der Waals surface area (Å²) in [5, 5.41) is 1.20. The van der Waals surface area contributed by atoms with E-state index in [1.54, 1.807) is 17.4 Å². The molecule has 1 aliphatic heterocycles. The third kappa shape index (κ3) is 2.33. The van der Waals surface area contributed by atoms with Crippen molar-refractivity contribution in [1.29, 1.82) is 0 Å². The van der Waals surface area contributed by atoms with Gasteiger partial charge in [-0.05, 0) is 30.7 Å². The molecule has 3 heterocycles. The number of aromatic nitrogens is 2. The van der Waals surface area contributed by atoms with Gasteiger partial charge in [0.1, 0.15) is 4.83 Å². The van der Waals surface area contributed by atoms with Crippen molar-refractivity contribution in [1.82, 2.24) is 14.6 Å². The van der Waals surface area contributed by atoms with Crippen LogP contribution in [-0.4, -0.2) is 27.6 Å². The van der Waals surface area contributed by atoms with E-state index in [1.807, 2.05) is 18.2 Å². The molecule has 1 aromatic carbocycles. The molecule has 2 aromatic heterocycles. The lowest BCUT2D eigenvalue weighted by atomic mass is 10.1. The normalized spacial score (nSPS) is 14.9. The molecule has 0 bridgehead atoms. The third-order valence-electron chi connectivity index (χ3n) is 4.55. The molecular weight excluding hydrogens is 344 g/mol. The molecule has 0 spiro atoms. The highest BCUT2D eigenvalue weighted by molar-refractivity contribution is 7.18. The summed E-state index contributed by atoms with van der Waals surface area (Å²) in [6, 6.07) is 7.29. The maximum absolute atomic E-state index is 12.9. The van der Waals surface area contributed by atoms with Gasteiger partial charge in [0.25, 0.3) is 5.56 Å². The Labute approximate surface area is 148 Å². The van der Waals surface area contributed by atoms with Gasteiger partial charge in [-0.2, -0.15) is 0 Å². The van der Waals surface area contributed by atoms with Crippen LogP contribution in [0.25, 0.3) is 21.6 Å². The quantitative estimate of drug-likeness (QED) is 0.714. The van der Waals surface area contributed by atoms with Crippen molar-refractivity contribution >= 4 is 33.2 Å². The molecule has 0 amide bonds. The zero-order valence-electron chi connectivity index (χ0n) is 13.3. The number of hydrogen-bond acceptors (Lipinski definition) is 5. The first-order valence-electron chi connectivity index (χ1n) is 7.89. The van der Waals surface area contributed by atoms with Crippen LogP contribution < -0.4 is 11.4 Å². The summed E-state index contributed by atoms with van der Waals surface area (Å²) < 4.78 is 1.13. The van der Waals surface area contributed by atoms with E-state index in [9.17, 15) is 4.79 Å². The number of nitrogens with zero attached hydrogens (tertiary/aromatic N) is 3. The van der Waals surface area contributed by atoms with Gasteiger partial charge in [0.15, 0.2) is 5.82 Å². The summed E-state index contributed by atoms with van der Waals surface area (Å²) in [5.41, 5.74) is 1.58. The number of rotatable bonds is 2. The molecule has 7 heteroatoms. The van der Waals surface area contributed by atoms with Gasteiger partial charge in [0, 0.05) is 23.5 Å². The molecule has 0 unspecified atom stereocenters. The van der Waals surface area contributed by atoms with Crippen molar-refractivity contribution in [3.05, 3.63) is 50.1 Å². The largest absolute Gasteiger partial charge is 0.334 e. The number of benzene rings is 1. The fourth-order valence-corrected chi connectivity index (χ4v) is 4.68. The average molecular weight is 361 g/mol. The van der Waals surface area contributed by atoms with Gasteiger partial charge in [0.2, 0.25) is 0 Å². The Kier molecular flexibility index (Phi) is 3.83. The molecule has 0 saturated carbocycles. The van der Waals surface area contributed by atoms with E-state index < -0.39 is 0 Å². The van der Waals surface area contributed by atoms with Crippen molar-refractivity contribution in [2.24, 2.45) is 0 Å². The third-order valence-corrected chi connectivity index (χ3v) is 5.99. The van der Waals surface area contributed by atoms with Crippen LogP contribution >= 0.6 is 22.9 Å². The molecule has 5 nitrogen and oxygen atoms in total. The highest BCUT2D eigenvalue weighted by atomic mass is 35.5. The van der Waals surface area contributed by atoms with Crippen LogP contribution in [0.2, 0.25) is 5.02 Å². The number of halogens is 1. The lowest BCUT2D eigenvalue weighted by Gasteiger charge is -2.24. The molecule has 0 saturated heterocycles. The van der Waals surface area contributed by atoms with Crippen LogP contribution in [0.4, 0.5) is 0 Å². The summed E-state index contributed by atoms with van der Waals surface area (Å²) in [5.74, 6) is 6.48. The summed E-state index contributed by atoms with van der Waals surface area (Å²) in [6.07, 6.45) is 0.867. The summed E-state index contributed by atoms with van der Waals surface area (Å²) in [4.78, 5) is 21.9. The lowest BCUT2D eigenvalue weighted by molar-refractivity contribution is 0.272. The smallest absolute Gasteiger partial charge is 0.281 e. The maximum Gasteiger partial charge on any atom is 0.281 e. The SMILES string of the molecule is CCN1CCc2c(sc3nc(-c4ccccc4Cl)n(N)c(=O)c23)C1. The van der Waals surface area contributed by atoms with Crippen molar-refractivity contribution in [2.75, 3.05) is 18.9 Å². The van der Waals surface area contributed by atoms with Crippen molar-refractivity contribution in [3.63, 3.8) is 0 Å². The molecule has 4 rings (SSSR count). The van der Waals surface area contributed by atoms with Crippen LogP contribution in [0.1, 0.15) is 17.4 Å². The predicted molar refractivity (Wildman–Crippen MR) is 99.1 cm³/mol. The predicted octanol–water partition coefficient (Wildman–Crippen LogP) is 2.87. The summed E-state index contributed by atoms with van der Waals surface area (Å²) in [6.45, 7) is 5.00. The average Bonchev–Trinajstić information content (AvgIpc) is 2.96. The molecule has 2 N–H and O–H groups in total. The Morgan fingerprint density at radius 2 is 2.17 bits per heavy atom. The van der Waals surface area contributed by atoms with Crippen LogP contribution in [0.3, 0.4) is 0 Å². The fraction of sp³-hybridized carbons (Fsp3) is 0.294. The standard InChI is InChI=1S/C17H17ClN4OS/c1-2-21-8-7-11-13(9-21)24-16-14(11)17(23)22(19)15(20-16)10-5-3-4-6-12(10)18/h3-6H,2,7-9,19H2,1H3. The number of fused-ring (bicyclic) bond motifs is 3. The van der Waals surface area contributed by atoms with Gasteiger partial charge in [-0.25, -0.2) is 9.66 Å². The Bertz CT molecular complexity index is 994. The van der Waals surface area contributed by atoms with Gasteiger partial charge >= 0.3 is 0 Å². The van der Waals surface area contributed by atoms with E-state index in [4.69, 9.17) is 17.4 Å². The highest BCUT2D eigenvalue weighted by Gasteiger charge is 2.24. The van der Waals surface area contributed by atoms with Gasteiger partial charge < -0.3 is 5.84 Å². The summed E-state index contributed by atoms with van der Waals surface area (Å²) in [7, 11) is 0. The van der Waals surface area contributed by atoms with Gasteiger partial charge in [-0.15, -0.1) is 11.3 Å². The van der Waals surface area contributed by atoms with Gasteiger partial charge in [-0.1, -0.05) is 30.7 Å². The van der Waals surface area contributed by atoms with E-state index >= 15 is 0 Å². The fourth-order valence-electron chi connectivity index (χ4n) is 3.21. The number of nitrogen functional groups attached to an aromatic ring is 1. The van der Waals surface area contributed by atoms with E-state index in [2.05, 4.69) is 16.8 Å². The summed E-state index contributed by atoms with van der Waals surface area (Å²) >= 11 is 7.85. The van der Waals surface area contributed by atoms with E-state index in [1.165, 1.54) is 4.88 Å². The van der Waals surface area contributed by atoms with Crippen molar-refractivity contribution < 1.29 is 0 Å². The molecule has 124 valence electrons. The Balaban J connectivity index is 1.96. The topological polar surface area (TPSA) is 64.2 Å². The lowest BCUT2D eigenvalue weighted by Crippen LogP contribution is -2.32. The molecule has 1 aliphatic rings. The highest BCUT2D eigenvalue weighted by Crippen LogP contribution is 2.34. The number of thiophene rings is 1.